The molecule has 3 rings (SSSR count). The quantitative estimate of drug-likeness (QED) is 0.784. The van der Waals surface area contributed by atoms with Crippen molar-refractivity contribution in [2.24, 2.45) is 11.3 Å². The van der Waals surface area contributed by atoms with Gasteiger partial charge in [-0.15, -0.1) is 0 Å². The number of carbonyl (C=O) groups is 2. The zero-order valence-electron chi connectivity index (χ0n) is 18.1. The lowest BCUT2D eigenvalue weighted by atomic mass is 9.90. The van der Waals surface area contributed by atoms with Crippen LogP contribution in [0.2, 0.25) is 0 Å². The molecule has 0 aromatic heterocycles. The van der Waals surface area contributed by atoms with E-state index >= 15 is 0 Å². The largest absolute Gasteiger partial charge is 0.342 e. The highest BCUT2D eigenvalue weighted by molar-refractivity contribution is 5.82. The Kier molecular flexibility index (Phi) is 7.12. The lowest BCUT2D eigenvalue weighted by Gasteiger charge is -2.39. The number of benzene rings is 1. The Balaban J connectivity index is 1.40. The van der Waals surface area contributed by atoms with Gasteiger partial charge >= 0.3 is 0 Å². The van der Waals surface area contributed by atoms with Gasteiger partial charge in [0.05, 0.1) is 0 Å². The highest BCUT2D eigenvalue weighted by atomic mass is 16.2. The molecule has 0 spiro atoms. The maximum Gasteiger partial charge on any atom is 0.227 e. The molecule has 2 amide bonds. The lowest BCUT2D eigenvalue weighted by Crippen LogP contribution is -2.52. The second-order valence-corrected chi connectivity index (χ2v) is 9.26. The van der Waals surface area contributed by atoms with Crippen LogP contribution in [0.4, 0.5) is 0 Å². The van der Waals surface area contributed by atoms with E-state index in [1.807, 2.05) is 48.8 Å². The third-order valence-corrected chi connectivity index (χ3v) is 5.93. The molecule has 2 aliphatic heterocycles. The summed E-state index contributed by atoms with van der Waals surface area (Å²) in [7, 11) is 0. The van der Waals surface area contributed by atoms with Crippen LogP contribution in [0.3, 0.4) is 0 Å². The van der Waals surface area contributed by atoms with E-state index in [0.717, 1.165) is 45.6 Å². The summed E-state index contributed by atoms with van der Waals surface area (Å²) in [6.07, 6.45) is 5.94. The van der Waals surface area contributed by atoms with Crippen molar-refractivity contribution in [3.8, 4) is 0 Å². The fraction of sp³-hybridized carbons (Fsp3) is 0.583. The van der Waals surface area contributed by atoms with E-state index in [0.29, 0.717) is 13.1 Å². The van der Waals surface area contributed by atoms with E-state index in [-0.39, 0.29) is 23.1 Å². The zero-order chi connectivity index (χ0) is 20.9. The second-order valence-electron chi connectivity index (χ2n) is 9.26. The number of carbonyl (C=O) groups excluding carboxylic acids is 2. The fourth-order valence-corrected chi connectivity index (χ4v) is 4.11. The summed E-state index contributed by atoms with van der Waals surface area (Å²) in [5.41, 5.74) is 0.875. The molecular weight excluding hydrogens is 362 g/mol. The molecule has 1 aromatic rings. The molecule has 0 bridgehead atoms. The number of rotatable bonds is 4. The van der Waals surface area contributed by atoms with Crippen LogP contribution < -0.4 is 0 Å². The van der Waals surface area contributed by atoms with Gasteiger partial charge < -0.3 is 9.80 Å². The van der Waals surface area contributed by atoms with E-state index in [2.05, 4.69) is 29.2 Å². The van der Waals surface area contributed by atoms with Gasteiger partial charge in [0, 0.05) is 57.1 Å². The number of hydrogen-bond acceptors (Lipinski definition) is 3. The first-order valence-corrected chi connectivity index (χ1v) is 10.9. The van der Waals surface area contributed by atoms with Gasteiger partial charge in [0.15, 0.2) is 0 Å². The maximum absolute atomic E-state index is 12.9. The van der Waals surface area contributed by atoms with Crippen molar-refractivity contribution >= 4 is 17.9 Å². The van der Waals surface area contributed by atoms with Crippen LogP contribution in [0.15, 0.2) is 36.4 Å². The Morgan fingerprint density at radius 1 is 0.931 bits per heavy atom. The lowest BCUT2D eigenvalue weighted by molar-refractivity contribution is -0.145. The Bertz CT molecular complexity index is 707. The van der Waals surface area contributed by atoms with Crippen LogP contribution >= 0.6 is 0 Å². The van der Waals surface area contributed by atoms with Crippen LogP contribution in [0, 0.1) is 11.3 Å². The molecule has 0 radical (unpaired) electrons. The third-order valence-electron chi connectivity index (χ3n) is 5.93. The number of nitrogens with zero attached hydrogens (tertiary/aromatic N) is 3. The maximum atomic E-state index is 12.9. The minimum atomic E-state index is -0.345. The fourth-order valence-electron chi connectivity index (χ4n) is 4.11. The van der Waals surface area contributed by atoms with Crippen LogP contribution in [-0.2, 0) is 9.59 Å². The van der Waals surface area contributed by atoms with Crippen LogP contribution in [0.1, 0.15) is 39.2 Å². The standard InChI is InChI=1S/C24H35N3O2/c1-24(2,3)23(29)27-14-11-21(12-15-27)22(28)26-18-16-25(17-19-26)13-7-10-20-8-5-4-6-9-20/h4-10,21H,11-19H2,1-3H3/b10-7+. The van der Waals surface area contributed by atoms with Crippen LogP contribution in [0.25, 0.3) is 6.08 Å². The average molecular weight is 398 g/mol. The molecule has 0 saturated carbocycles. The molecule has 29 heavy (non-hydrogen) atoms. The molecule has 158 valence electrons. The average Bonchev–Trinajstić information content (AvgIpc) is 2.73. The van der Waals surface area contributed by atoms with Gasteiger partial charge in [-0.1, -0.05) is 63.3 Å². The molecule has 2 fully saturated rings. The van der Waals surface area contributed by atoms with E-state index in [9.17, 15) is 9.59 Å². The topological polar surface area (TPSA) is 43.9 Å². The highest BCUT2D eigenvalue weighted by Gasteiger charge is 2.34. The van der Waals surface area contributed by atoms with Gasteiger partial charge in [-0.2, -0.15) is 0 Å². The van der Waals surface area contributed by atoms with E-state index in [1.165, 1.54) is 5.56 Å². The molecule has 1 aromatic carbocycles. The highest BCUT2D eigenvalue weighted by Crippen LogP contribution is 2.25. The molecule has 0 atom stereocenters. The molecule has 5 heteroatoms. The molecule has 5 nitrogen and oxygen atoms in total. The Labute approximate surface area is 175 Å². The summed E-state index contributed by atoms with van der Waals surface area (Å²) in [5.74, 6) is 0.552. The predicted octanol–water partition coefficient (Wildman–Crippen LogP) is 3.13. The summed E-state index contributed by atoms with van der Waals surface area (Å²) in [6, 6.07) is 10.3. The van der Waals surface area contributed by atoms with Gasteiger partial charge in [0.25, 0.3) is 0 Å². The minimum absolute atomic E-state index is 0.0727. The Morgan fingerprint density at radius 2 is 1.55 bits per heavy atom. The molecule has 2 heterocycles. The van der Waals surface area contributed by atoms with Crippen molar-refractivity contribution in [2.75, 3.05) is 45.8 Å². The van der Waals surface area contributed by atoms with Crippen molar-refractivity contribution in [2.45, 2.75) is 33.6 Å². The molecule has 2 saturated heterocycles. The van der Waals surface area contributed by atoms with Gasteiger partial charge in [-0.05, 0) is 18.4 Å². The Hall–Kier alpha value is -2.14. The summed E-state index contributed by atoms with van der Waals surface area (Å²) in [6.45, 7) is 11.7. The third kappa shape index (κ3) is 5.92. The summed E-state index contributed by atoms with van der Waals surface area (Å²) in [4.78, 5) is 31.7. The predicted molar refractivity (Wildman–Crippen MR) is 117 cm³/mol. The number of piperazine rings is 1. The van der Waals surface area contributed by atoms with Crippen LogP contribution in [-0.4, -0.2) is 72.3 Å². The summed E-state index contributed by atoms with van der Waals surface area (Å²) in [5, 5.41) is 0. The van der Waals surface area contributed by atoms with E-state index in [4.69, 9.17) is 0 Å². The molecule has 2 aliphatic rings. The first-order valence-electron chi connectivity index (χ1n) is 10.9. The monoisotopic (exact) mass is 397 g/mol. The normalized spacial score (nSPS) is 19.7. The van der Waals surface area contributed by atoms with Gasteiger partial charge in [-0.25, -0.2) is 0 Å². The van der Waals surface area contributed by atoms with Crippen molar-refractivity contribution in [3.05, 3.63) is 42.0 Å². The first-order chi connectivity index (χ1) is 13.8. The van der Waals surface area contributed by atoms with Crippen molar-refractivity contribution in [1.82, 2.24) is 14.7 Å². The van der Waals surface area contributed by atoms with Crippen LogP contribution in [0.5, 0.6) is 0 Å². The summed E-state index contributed by atoms with van der Waals surface area (Å²) < 4.78 is 0. The van der Waals surface area contributed by atoms with Crippen molar-refractivity contribution < 1.29 is 9.59 Å². The molecular formula is C24H35N3O2. The second kappa shape index (κ2) is 9.57. The number of amides is 2. The minimum Gasteiger partial charge on any atom is -0.342 e. The SMILES string of the molecule is CC(C)(C)C(=O)N1CCC(C(=O)N2CCN(C/C=C/c3ccccc3)CC2)CC1. The first kappa shape index (κ1) is 21.6. The molecule has 0 N–H and O–H groups in total. The summed E-state index contributed by atoms with van der Waals surface area (Å²) >= 11 is 0. The van der Waals surface area contributed by atoms with E-state index < -0.39 is 0 Å². The van der Waals surface area contributed by atoms with Gasteiger partial charge in [0.2, 0.25) is 11.8 Å². The van der Waals surface area contributed by atoms with E-state index in [1.54, 1.807) is 0 Å². The number of likely N-dealkylation sites (tertiary alicyclic amines) is 1. The number of piperidine rings is 1. The molecule has 0 unspecified atom stereocenters. The zero-order valence-corrected chi connectivity index (χ0v) is 18.1. The number of hydrogen-bond donors (Lipinski definition) is 0. The van der Waals surface area contributed by atoms with Crippen molar-refractivity contribution in [1.29, 1.82) is 0 Å². The van der Waals surface area contributed by atoms with Gasteiger partial charge in [-0.3, -0.25) is 14.5 Å². The smallest absolute Gasteiger partial charge is 0.227 e. The van der Waals surface area contributed by atoms with Crippen molar-refractivity contribution in [3.63, 3.8) is 0 Å². The van der Waals surface area contributed by atoms with Gasteiger partial charge in [0.1, 0.15) is 0 Å². The molecule has 0 aliphatic carbocycles. The Morgan fingerprint density at radius 3 is 2.14 bits per heavy atom.